The second kappa shape index (κ2) is 4.69. The third-order valence-corrected chi connectivity index (χ3v) is 3.60. The van der Waals surface area contributed by atoms with E-state index in [1.807, 2.05) is 32.9 Å². The van der Waals surface area contributed by atoms with E-state index in [-0.39, 0.29) is 0 Å². The molecule has 0 bridgehead atoms. The highest BCUT2D eigenvalue weighted by Crippen LogP contribution is 2.29. The molecule has 0 aliphatic rings. The van der Waals surface area contributed by atoms with Crippen LogP contribution in [0.2, 0.25) is 0 Å². The van der Waals surface area contributed by atoms with Gasteiger partial charge >= 0.3 is 5.97 Å². The largest absolute Gasteiger partial charge is 0.478 e. The van der Waals surface area contributed by atoms with E-state index in [1.165, 1.54) is 0 Å². The van der Waals surface area contributed by atoms with E-state index in [4.69, 9.17) is 0 Å². The molecule has 1 heterocycles. The molecule has 0 saturated heterocycles. The summed E-state index contributed by atoms with van der Waals surface area (Å²) in [5, 5.41) is 10.1. The Balaban J connectivity index is 3.00. The first-order chi connectivity index (χ1) is 8.45. The Morgan fingerprint density at radius 2 is 2.06 bits per heavy atom. The number of aromatic carboxylic acids is 1. The lowest BCUT2D eigenvalue weighted by molar-refractivity contribution is 0.0698. The Morgan fingerprint density at radius 3 is 2.61 bits per heavy atom. The summed E-state index contributed by atoms with van der Waals surface area (Å²) in [6, 6.07) is 3.78. The van der Waals surface area contributed by atoms with Gasteiger partial charge in [0.1, 0.15) is 0 Å². The van der Waals surface area contributed by atoms with Crippen LogP contribution in [0.3, 0.4) is 0 Å². The van der Waals surface area contributed by atoms with Crippen molar-refractivity contribution in [2.75, 3.05) is 0 Å². The minimum absolute atomic E-state index is 0.362. The predicted octanol–water partition coefficient (Wildman–Crippen LogP) is 3.87. The van der Waals surface area contributed by atoms with Crippen molar-refractivity contribution >= 4 is 32.8 Å². The summed E-state index contributed by atoms with van der Waals surface area (Å²) in [7, 11) is 0. The molecule has 1 aromatic heterocycles. The number of benzene rings is 1. The van der Waals surface area contributed by atoms with Crippen molar-refractivity contribution in [1.29, 1.82) is 0 Å². The number of hydrogen-bond acceptors (Lipinski definition) is 2. The van der Waals surface area contributed by atoms with Gasteiger partial charge in [-0.2, -0.15) is 0 Å². The van der Waals surface area contributed by atoms with Gasteiger partial charge in [-0.3, -0.25) is 4.98 Å². The fourth-order valence-electron chi connectivity index (χ4n) is 2.26. The maximum atomic E-state index is 11.5. The van der Waals surface area contributed by atoms with Crippen LogP contribution < -0.4 is 0 Å². The SMILES string of the molecule is CCc1nc2c(C)cc(Br)cc2c(C(=O)O)c1C. The fraction of sp³-hybridized carbons (Fsp3) is 0.286. The van der Waals surface area contributed by atoms with E-state index in [0.717, 1.165) is 33.2 Å². The molecule has 0 radical (unpaired) electrons. The topological polar surface area (TPSA) is 50.2 Å². The number of carboxylic acids is 1. The van der Waals surface area contributed by atoms with Crippen molar-refractivity contribution < 1.29 is 9.90 Å². The Morgan fingerprint density at radius 1 is 1.39 bits per heavy atom. The quantitative estimate of drug-likeness (QED) is 0.916. The second-order valence-electron chi connectivity index (χ2n) is 4.34. The third-order valence-electron chi connectivity index (χ3n) is 3.14. The van der Waals surface area contributed by atoms with Crippen LogP contribution in [0.4, 0.5) is 0 Å². The van der Waals surface area contributed by atoms with Gasteiger partial charge in [-0.05, 0) is 43.5 Å². The van der Waals surface area contributed by atoms with Gasteiger partial charge in [0, 0.05) is 15.6 Å². The number of fused-ring (bicyclic) bond motifs is 1. The fourth-order valence-corrected chi connectivity index (χ4v) is 2.83. The summed E-state index contributed by atoms with van der Waals surface area (Å²) < 4.78 is 0.875. The van der Waals surface area contributed by atoms with Crippen molar-refractivity contribution in [2.45, 2.75) is 27.2 Å². The molecule has 0 saturated carbocycles. The molecule has 0 unspecified atom stereocenters. The number of halogens is 1. The van der Waals surface area contributed by atoms with E-state index >= 15 is 0 Å². The van der Waals surface area contributed by atoms with E-state index in [9.17, 15) is 9.90 Å². The molecular weight excluding hydrogens is 294 g/mol. The Kier molecular flexibility index (Phi) is 3.39. The first-order valence-corrected chi connectivity index (χ1v) is 6.57. The molecule has 94 valence electrons. The number of aryl methyl sites for hydroxylation is 2. The highest BCUT2D eigenvalue weighted by molar-refractivity contribution is 9.10. The zero-order valence-corrected chi connectivity index (χ0v) is 12.1. The first kappa shape index (κ1) is 13.0. The van der Waals surface area contributed by atoms with Gasteiger partial charge in [-0.25, -0.2) is 4.79 Å². The Bertz CT molecular complexity index is 650. The van der Waals surface area contributed by atoms with Crippen molar-refractivity contribution in [1.82, 2.24) is 4.98 Å². The summed E-state index contributed by atoms with van der Waals surface area (Å²) >= 11 is 3.41. The lowest BCUT2D eigenvalue weighted by Gasteiger charge is -2.12. The van der Waals surface area contributed by atoms with Gasteiger partial charge in [-0.15, -0.1) is 0 Å². The average Bonchev–Trinajstić information content (AvgIpc) is 2.27. The van der Waals surface area contributed by atoms with Crippen LogP contribution in [0.25, 0.3) is 10.9 Å². The van der Waals surface area contributed by atoms with Gasteiger partial charge in [0.15, 0.2) is 0 Å². The number of nitrogens with zero attached hydrogens (tertiary/aromatic N) is 1. The van der Waals surface area contributed by atoms with Crippen molar-refractivity contribution in [2.24, 2.45) is 0 Å². The molecule has 18 heavy (non-hydrogen) atoms. The van der Waals surface area contributed by atoms with Crippen molar-refractivity contribution in [3.8, 4) is 0 Å². The van der Waals surface area contributed by atoms with Gasteiger partial charge in [0.25, 0.3) is 0 Å². The smallest absolute Gasteiger partial charge is 0.336 e. The molecule has 2 rings (SSSR count). The number of aromatic nitrogens is 1. The zero-order valence-electron chi connectivity index (χ0n) is 10.5. The minimum atomic E-state index is -0.896. The van der Waals surface area contributed by atoms with Crippen LogP contribution in [-0.2, 0) is 6.42 Å². The summed E-state index contributed by atoms with van der Waals surface area (Å²) in [5.74, 6) is -0.896. The second-order valence-corrected chi connectivity index (χ2v) is 5.25. The first-order valence-electron chi connectivity index (χ1n) is 5.78. The predicted molar refractivity (Wildman–Crippen MR) is 75.3 cm³/mol. The standard InChI is InChI=1S/C14H14BrNO2/c1-4-11-8(3)12(14(17)18)10-6-9(15)5-7(2)13(10)16-11/h5-6H,4H2,1-3H3,(H,17,18). The van der Waals surface area contributed by atoms with Gasteiger partial charge in [0.2, 0.25) is 0 Å². The summed E-state index contributed by atoms with van der Waals surface area (Å²) in [6.07, 6.45) is 0.734. The Hall–Kier alpha value is -1.42. The lowest BCUT2D eigenvalue weighted by Crippen LogP contribution is -2.07. The molecule has 0 amide bonds. The molecule has 2 aromatic rings. The van der Waals surface area contributed by atoms with Crippen LogP contribution >= 0.6 is 15.9 Å². The van der Waals surface area contributed by atoms with E-state index in [1.54, 1.807) is 0 Å². The van der Waals surface area contributed by atoms with E-state index < -0.39 is 5.97 Å². The van der Waals surface area contributed by atoms with E-state index in [2.05, 4.69) is 20.9 Å². The normalized spacial score (nSPS) is 10.9. The molecular formula is C14H14BrNO2. The summed E-state index contributed by atoms with van der Waals surface area (Å²) in [6.45, 7) is 5.76. The molecule has 3 nitrogen and oxygen atoms in total. The number of rotatable bonds is 2. The number of carbonyl (C=O) groups is 1. The molecule has 0 aliphatic carbocycles. The number of carboxylic acid groups (broad SMARTS) is 1. The van der Waals surface area contributed by atoms with E-state index in [0.29, 0.717) is 10.9 Å². The molecule has 1 aromatic carbocycles. The number of pyridine rings is 1. The minimum Gasteiger partial charge on any atom is -0.478 e. The van der Waals surface area contributed by atoms with Gasteiger partial charge in [0.05, 0.1) is 11.1 Å². The highest BCUT2D eigenvalue weighted by atomic mass is 79.9. The lowest BCUT2D eigenvalue weighted by atomic mass is 9.98. The molecule has 4 heteroatoms. The van der Waals surface area contributed by atoms with Crippen LogP contribution in [0.5, 0.6) is 0 Å². The molecule has 0 atom stereocenters. The molecule has 1 N–H and O–H groups in total. The van der Waals surface area contributed by atoms with Crippen molar-refractivity contribution in [3.63, 3.8) is 0 Å². The maximum Gasteiger partial charge on any atom is 0.336 e. The third kappa shape index (κ3) is 2.01. The average molecular weight is 308 g/mol. The summed E-state index contributed by atoms with van der Waals surface area (Å²) in [4.78, 5) is 16.1. The van der Waals surface area contributed by atoms with Crippen LogP contribution in [0.15, 0.2) is 16.6 Å². The maximum absolute atomic E-state index is 11.5. The highest BCUT2D eigenvalue weighted by Gasteiger charge is 2.17. The molecule has 0 spiro atoms. The van der Waals surface area contributed by atoms with Gasteiger partial charge in [-0.1, -0.05) is 22.9 Å². The van der Waals surface area contributed by atoms with Crippen LogP contribution in [-0.4, -0.2) is 16.1 Å². The van der Waals surface area contributed by atoms with Crippen LogP contribution in [0, 0.1) is 13.8 Å². The summed E-state index contributed by atoms with van der Waals surface area (Å²) in [5.41, 5.74) is 3.73. The molecule has 0 fully saturated rings. The van der Waals surface area contributed by atoms with Crippen molar-refractivity contribution in [3.05, 3.63) is 39.0 Å². The zero-order chi connectivity index (χ0) is 13.4. The monoisotopic (exact) mass is 307 g/mol. The number of hydrogen-bond donors (Lipinski definition) is 1. The van der Waals surface area contributed by atoms with Gasteiger partial charge < -0.3 is 5.11 Å². The van der Waals surface area contributed by atoms with Crippen LogP contribution in [0.1, 0.15) is 34.1 Å². The Labute approximate surface area is 114 Å². The molecule has 0 aliphatic heterocycles.